The molecule has 13 aromatic carbocycles. The minimum absolute atomic E-state index is 0.00939. The van der Waals surface area contributed by atoms with E-state index in [0.717, 1.165) is 29.1 Å². The van der Waals surface area contributed by atoms with Gasteiger partial charge in [-0.1, -0.05) is 248 Å². The van der Waals surface area contributed by atoms with Gasteiger partial charge >= 0.3 is 0 Å². The van der Waals surface area contributed by atoms with Crippen molar-refractivity contribution < 1.29 is 0 Å². The molecule has 488 valence electrons. The van der Waals surface area contributed by atoms with Crippen LogP contribution < -0.4 is 26.2 Å². The van der Waals surface area contributed by atoms with E-state index in [-0.39, 0.29) is 23.0 Å². The zero-order valence-electron chi connectivity index (χ0n) is 58.6. The van der Waals surface area contributed by atoms with E-state index in [1.54, 1.807) is 0 Å². The summed E-state index contributed by atoms with van der Waals surface area (Å²) >= 11 is 0. The van der Waals surface area contributed by atoms with Crippen molar-refractivity contribution in [1.82, 2.24) is 9.13 Å². The number of nitrogens with zero attached hydrogens (tertiary/aromatic N) is 4. The summed E-state index contributed by atoms with van der Waals surface area (Å²) in [5.74, 6) is 2.16. The smallest absolute Gasteiger partial charge is 0.252 e. The Morgan fingerprint density at radius 3 is 0.921 bits per heavy atom. The van der Waals surface area contributed by atoms with Gasteiger partial charge in [-0.05, 0) is 213 Å². The Morgan fingerprint density at radius 1 is 0.317 bits per heavy atom. The van der Waals surface area contributed by atoms with Gasteiger partial charge in [0.05, 0.1) is 33.4 Å². The maximum atomic E-state index is 2.83. The molecule has 4 bridgehead atoms. The summed E-state index contributed by atoms with van der Waals surface area (Å²) in [5.41, 5.74) is 31.7. The van der Waals surface area contributed by atoms with Crippen LogP contribution in [0.3, 0.4) is 0 Å². The summed E-state index contributed by atoms with van der Waals surface area (Å²) < 4.78 is 5.09. The molecule has 4 aliphatic carbocycles. The first-order valence-corrected chi connectivity index (χ1v) is 36.9. The number of rotatable bonds is 9. The number of hydrogen-bond donors (Lipinski definition) is 0. The third kappa shape index (κ3) is 9.41. The molecule has 0 saturated heterocycles. The second-order valence-electron chi connectivity index (χ2n) is 32.3. The van der Waals surface area contributed by atoms with Gasteiger partial charge in [-0.15, -0.1) is 0 Å². The number of fused-ring (bicyclic) bond motifs is 10. The maximum absolute atomic E-state index is 2.83. The largest absolute Gasteiger partial charge is 0.310 e. The Bertz CT molecular complexity index is 5250. The molecule has 0 amide bonds. The predicted molar refractivity (Wildman–Crippen MR) is 428 cm³/mol. The van der Waals surface area contributed by atoms with E-state index in [2.05, 4.69) is 352 Å². The summed E-state index contributed by atoms with van der Waals surface area (Å²) in [6.07, 6.45) is 7.74. The molecule has 101 heavy (non-hydrogen) atoms. The summed E-state index contributed by atoms with van der Waals surface area (Å²) in [7, 11) is 0. The Morgan fingerprint density at radius 2 is 0.614 bits per heavy atom. The van der Waals surface area contributed by atoms with Crippen LogP contribution in [0.5, 0.6) is 0 Å². The molecular weight excluding hydrogens is 1220 g/mol. The first-order chi connectivity index (χ1) is 49.3. The van der Waals surface area contributed by atoms with Crippen molar-refractivity contribution in [2.24, 2.45) is 17.8 Å². The van der Waals surface area contributed by atoms with Crippen molar-refractivity contribution in [3.63, 3.8) is 0 Å². The van der Waals surface area contributed by atoms with E-state index in [0.29, 0.717) is 0 Å². The molecule has 21 rings (SSSR count). The van der Waals surface area contributed by atoms with Crippen LogP contribution in [0.2, 0.25) is 0 Å². The van der Waals surface area contributed by atoms with Gasteiger partial charge in [0.25, 0.3) is 6.71 Å². The lowest BCUT2D eigenvalue weighted by atomic mass is 9.33. The van der Waals surface area contributed by atoms with E-state index >= 15 is 0 Å². The number of hydrogen-bond acceptors (Lipinski definition) is 2. The first kappa shape index (κ1) is 60.1. The average Bonchev–Trinajstić information content (AvgIpc) is 1.04. The molecule has 0 atom stereocenters. The van der Waals surface area contributed by atoms with Crippen LogP contribution in [0.15, 0.2) is 291 Å². The summed E-state index contributed by atoms with van der Waals surface area (Å²) in [5, 5.41) is 5.01. The fourth-order valence-electron chi connectivity index (χ4n) is 19.9. The highest BCUT2D eigenvalue weighted by Gasteiger charge is 2.54. The van der Waals surface area contributed by atoms with E-state index in [1.165, 1.54) is 194 Å². The zero-order chi connectivity index (χ0) is 67.6. The molecule has 15 aromatic rings. The van der Waals surface area contributed by atoms with Gasteiger partial charge in [-0.2, -0.15) is 0 Å². The van der Waals surface area contributed by atoms with Crippen molar-refractivity contribution in [1.29, 1.82) is 0 Å². The lowest BCUT2D eigenvalue weighted by Gasteiger charge is -2.57. The minimum atomic E-state index is -0.189. The molecule has 2 aliphatic heterocycles. The molecule has 4 heterocycles. The topological polar surface area (TPSA) is 16.3 Å². The quantitative estimate of drug-likeness (QED) is 0.134. The molecule has 0 radical (unpaired) electrons. The van der Waals surface area contributed by atoms with Crippen molar-refractivity contribution >= 4 is 101 Å². The molecular formula is C96H81BN4. The Labute approximate surface area is 593 Å². The van der Waals surface area contributed by atoms with Gasteiger partial charge in [0.2, 0.25) is 0 Å². The predicted octanol–water partition coefficient (Wildman–Crippen LogP) is 23.7. The Kier molecular flexibility index (Phi) is 13.4. The first-order valence-electron chi connectivity index (χ1n) is 36.9. The van der Waals surface area contributed by atoms with Crippen LogP contribution in [0, 0.1) is 17.8 Å². The Hall–Kier alpha value is -10.9. The van der Waals surface area contributed by atoms with Gasteiger partial charge in [-0.3, -0.25) is 0 Å². The lowest BCUT2D eigenvalue weighted by molar-refractivity contribution is -0.00514. The van der Waals surface area contributed by atoms with E-state index in [9.17, 15) is 0 Å². The molecule has 0 unspecified atom stereocenters. The second-order valence-corrected chi connectivity index (χ2v) is 32.3. The van der Waals surface area contributed by atoms with Gasteiger partial charge < -0.3 is 18.9 Å². The molecule has 4 nitrogen and oxygen atoms in total. The molecule has 2 aromatic heterocycles. The molecule has 4 saturated carbocycles. The number of anilines is 6. The average molecular weight is 1300 g/mol. The molecule has 0 N–H and O–H groups in total. The van der Waals surface area contributed by atoms with Crippen LogP contribution >= 0.6 is 0 Å². The van der Waals surface area contributed by atoms with Gasteiger partial charge in [0, 0.05) is 77.9 Å². The number of para-hydroxylation sites is 4. The highest BCUT2D eigenvalue weighted by molar-refractivity contribution is 7.00. The number of aromatic nitrogens is 2. The van der Waals surface area contributed by atoms with Crippen LogP contribution in [0.25, 0.3) is 99.5 Å². The molecule has 4 fully saturated rings. The lowest BCUT2D eigenvalue weighted by Crippen LogP contribution is -2.61. The van der Waals surface area contributed by atoms with Crippen LogP contribution in [0.4, 0.5) is 34.1 Å². The van der Waals surface area contributed by atoms with Crippen molar-refractivity contribution in [2.45, 2.75) is 96.3 Å². The highest BCUT2D eigenvalue weighted by atomic mass is 15.2. The standard InChI is InChI=1S/C96H81BN4/c1-94(2,3)68-50-77(64-27-11-7-12-28-64)92(78(51-68)65-29-13-8-14-30-65)100-87-56-71(98-83-39-23-19-35-73(83)74-36-20-24-40-84(74)98)43-45-81(87)97-82-46-44-72(99-85-41-25-21-37-75(85)76-38-22-26-42-86(76)99)57-88(82)101(90-55-70(54-89(100)91(90)97)96-58-61-47-62(59-96)49-63(48-61)60-96)93-79(66-31-15-9-16-32-66)52-69(95(4,5)6)53-80(93)67-33-17-10-18-34-67/h7-46,50-57,61-63H,47-49,58-60H2,1-6H3. The molecule has 5 heteroatoms. The highest BCUT2D eigenvalue weighted by Crippen LogP contribution is 2.63. The molecule has 0 spiro atoms. The third-order valence-electron chi connectivity index (χ3n) is 24.1. The van der Waals surface area contributed by atoms with E-state index in [1.807, 2.05) is 0 Å². The Balaban J connectivity index is 0.986. The monoisotopic (exact) mass is 1300 g/mol. The van der Waals surface area contributed by atoms with Crippen LogP contribution in [-0.2, 0) is 16.2 Å². The van der Waals surface area contributed by atoms with E-state index < -0.39 is 0 Å². The van der Waals surface area contributed by atoms with Gasteiger partial charge in [-0.25, -0.2) is 0 Å². The second kappa shape index (κ2) is 22.6. The van der Waals surface area contributed by atoms with E-state index in [4.69, 9.17) is 0 Å². The van der Waals surface area contributed by atoms with Crippen LogP contribution in [0.1, 0.15) is 96.8 Å². The van der Waals surface area contributed by atoms with Crippen molar-refractivity contribution in [3.05, 3.63) is 308 Å². The fraction of sp³-hybridized carbons (Fsp3) is 0.188. The maximum Gasteiger partial charge on any atom is 0.252 e. The fourth-order valence-corrected chi connectivity index (χ4v) is 19.9. The minimum Gasteiger partial charge on any atom is -0.310 e. The summed E-state index contributed by atoms with van der Waals surface area (Å²) in [4.78, 5) is 5.66. The van der Waals surface area contributed by atoms with Gasteiger partial charge in [0.15, 0.2) is 0 Å². The van der Waals surface area contributed by atoms with Crippen molar-refractivity contribution in [2.75, 3.05) is 9.80 Å². The SMILES string of the molecule is CC(C)(C)c1cc(-c2ccccc2)c(N2c3cc(-n4c5ccccc5c5ccccc54)ccc3B3c4ccc(-n5c6ccccc6c6ccccc65)cc4N(c4c(-c5ccccc5)cc(C(C)(C)C)cc4-c4ccccc4)c4cc(C56CC7CC(CC(C7)C5)C6)cc2c43)c(-c2ccccc2)c1. The van der Waals surface area contributed by atoms with Crippen LogP contribution in [-0.4, -0.2) is 15.8 Å². The van der Waals surface area contributed by atoms with Gasteiger partial charge in [0.1, 0.15) is 0 Å². The normalized spacial score (nSPS) is 18.2. The molecule has 6 aliphatic rings. The third-order valence-corrected chi connectivity index (χ3v) is 24.1. The summed E-state index contributed by atoms with van der Waals surface area (Å²) in [6.45, 7) is 14.1. The summed E-state index contributed by atoms with van der Waals surface area (Å²) in [6, 6.07) is 113. The van der Waals surface area contributed by atoms with Crippen molar-refractivity contribution in [3.8, 4) is 55.9 Å². The zero-order valence-corrected chi connectivity index (χ0v) is 58.6. The number of benzene rings is 13.